The topological polar surface area (TPSA) is 76.0 Å². The van der Waals surface area contributed by atoms with E-state index in [1.165, 1.54) is 31.6 Å². The van der Waals surface area contributed by atoms with Crippen molar-refractivity contribution in [3.63, 3.8) is 0 Å². The Morgan fingerprint density at radius 2 is 2.00 bits per heavy atom. The van der Waals surface area contributed by atoms with Gasteiger partial charge in [0.25, 0.3) is 0 Å². The monoisotopic (exact) mass is 407 g/mol. The number of halogens is 3. The number of nitrogens with one attached hydrogen (secondary N) is 1. The fourth-order valence-corrected chi connectivity index (χ4v) is 3.78. The van der Waals surface area contributed by atoms with E-state index in [0.717, 1.165) is 23.8 Å². The lowest BCUT2D eigenvalue weighted by Gasteiger charge is -2.35. The van der Waals surface area contributed by atoms with Gasteiger partial charge in [-0.2, -0.15) is 13.2 Å². The Hall–Kier alpha value is -2.88. The molecule has 3 aromatic rings. The second-order valence-electron chi connectivity index (χ2n) is 6.93. The number of hydrogen-bond acceptors (Lipinski definition) is 5. The summed E-state index contributed by atoms with van der Waals surface area (Å²) < 4.78 is 48.0. The second-order valence-corrected chi connectivity index (χ2v) is 6.93. The number of methoxy groups -OCH3 is 1. The number of H-pyrrole nitrogens is 1. The summed E-state index contributed by atoms with van der Waals surface area (Å²) in [5.41, 5.74) is 0.333. The number of likely N-dealkylation sites (tertiary alicyclic amines) is 1. The highest BCUT2D eigenvalue weighted by atomic mass is 19.4. The van der Waals surface area contributed by atoms with E-state index in [9.17, 15) is 18.0 Å². The van der Waals surface area contributed by atoms with Crippen LogP contribution in [0.2, 0.25) is 0 Å². The van der Waals surface area contributed by atoms with Gasteiger partial charge in [-0.05, 0) is 25.0 Å². The molecule has 10 heteroatoms. The van der Waals surface area contributed by atoms with Crippen LogP contribution in [0.1, 0.15) is 41.9 Å². The van der Waals surface area contributed by atoms with Crippen molar-refractivity contribution in [1.82, 2.24) is 24.4 Å². The summed E-state index contributed by atoms with van der Waals surface area (Å²) in [6.07, 6.45) is -0.485. The number of aromatic amines is 1. The molecule has 1 atom stereocenters. The number of alkyl halides is 3. The van der Waals surface area contributed by atoms with Crippen LogP contribution < -0.4 is 4.74 Å². The van der Waals surface area contributed by atoms with E-state index >= 15 is 0 Å². The molecule has 154 valence electrons. The van der Waals surface area contributed by atoms with Crippen LogP contribution in [-0.2, 0) is 6.18 Å². The van der Waals surface area contributed by atoms with Gasteiger partial charge < -0.3 is 9.72 Å². The van der Waals surface area contributed by atoms with Crippen molar-refractivity contribution in [3.05, 3.63) is 42.2 Å². The molecule has 0 spiro atoms. The lowest BCUT2D eigenvalue weighted by molar-refractivity contribution is -0.148. The molecule has 3 heterocycles. The standard InChI is InChI=1S/C19H20F3N5O2/c1-29-12-5-6-13-14(11-12)27(18(25-13)19(20,21)22)17(26-9-3-2-4-10-26)15(28)16-23-7-8-24-16/h5-8,11,17H,2-4,9-10H2,1H3,(H,23,24). The van der Waals surface area contributed by atoms with E-state index < -0.39 is 23.9 Å². The minimum Gasteiger partial charge on any atom is -0.497 e. The first-order chi connectivity index (χ1) is 13.9. The van der Waals surface area contributed by atoms with Gasteiger partial charge >= 0.3 is 6.18 Å². The Kier molecular flexibility index (Phi) is 5.03. The summed E-state index contributed by atoms with van der Waals surface area (Å²) >= 11 is 0. The highest BCUT2D eigenvalue weighted by Gasteiger charge is 2.43. The minimum absolute atomic E-state index is 0.0124. The molecule has 1 aliphatic heterocycles. The fourth-order valence-electron chi connectivity index (χ4n) is 3.78. The maximum Gasteiger partial charge on any atom is 0.449 e. The van der Waals surface area contributed by atoms with Crippen LogP contribution in [0.3, 0.4) is 0 Å². The number of fused-ring (bicyclic) bond motifs is 1. The number of nitrogens with zero attached hydrogens (tertiary/aromatic N) is 4. The van der Waals surface area contributed by atoms with Gasteiger partial charge in [0.05, 0.1) is 18.1 Å². The molecule has 0 amide bonds. The average Bonchev–Trinajstić information content (AvgIpc) is 3.37. The van der Waals surface area contributed by atoms with Crippen LogP contribution in [0, 0.1) is 0 Å². The molecule has 0 bridgehead atoms. The van der Waals surface area contributed by atoms with Gasteiger partial charge in [-0.25, -0.2) is 9.97 Å². The first-order valence-corrected chi connectivity index (χ1v) is 9.31. The van der Waals surface area contributed by atoms with Gasteiger partial charge in [-0.15, -0.1) is 0 Å². The van der Waals surface area contributed by atoms with Crippen molar-refractivity contribution in [2.45, 2.75) is 31.6 Å². The van der Waals surface area contributed by atoms with Crippen molar-refractivity contribution >= 4 is 16.8 Å². The minimum atomic E-state index is -4.73. The third-order valence-electron chi connectivity index (χ3n) is 5.10. The summed E-state index contributed by atoms with van der Waals surface area (Å²) in [6.45, 7) is 1.02. The molecule has 29 heavy (non-hydrogen) atoms. The number of ketones is 1. The maximum absolute atomic E-state index is 13.9. The zero-order valence-corrected chi connectivity index (χ0v) is 15.7. The molecule has 4 rings (SSSR count). The predicted molar refractivity (Wildman–Crippen MR) is 98.7 cm³/mol. The third-order valence-corrected chi connectivity index (χ3v) is 5.10. The number of carbonyl (C=O) groups is 1. The first kappa shape index (κ1) is 19.4. The molecular weight excluding hydrogens is 387 g/mol. The molecule has 0 radical (unpaired) electrons. The van der Waals surface area contributed by atoms with Gasteiger partial charge in [-0.1, -0.05) is 6.42 Å². The van der Waals surface area contributed by atoms with Crippen LogP contribution in [0.15, 0.2) is 30.6 Å². The average molecular weight is 407 g/mol. The third kappa shape index (κ3) is 3.59. The van der Waals surface area contributed by atoms with E-state index in [1.807, 2.05) is 0 Å². The summed E-state index contributed by atoms with van der Waals surface area (Å²) in [5, 5.41) is 0. The van der Waals surface area contributed by atoms with Crippen LogP contribution >= 0.6 is 0 Å². The smallest absolute Gasteiger partial charge is 0.449 e. The number of piperidine rings is 1. The Balaban J connectivity index is 1.96. The Morgan fingerprint density at radius 1 is 1.24 bits per heavy atom. The van der Waals surface area contributed by atoms with Gasteiger partial charge in [-0.3, -0.25) is 14.3 Å². The molecule has 7 nitrogen and oxygen atoms in total. The second kappa shape index (κ2) is 7.51. The number of benzene rings is 1. The van der Waals surface area contributed by atoms with Crippen LogP contribution in [0.25, 0.3) is 11.0 Å². The van der Waals surface area contributed by atoms with Crippen molar-refractivity contribution in [3.8, 4) is 5.75 Å². The molecule has 1 saturated heterocycles. The van der Waals surface area contributed by atoms with Crippen molar-refractivity contribution in [1.29, 1.82) is 0 Å². The normalized spacial score (nSPS) is 16.8. The zero-order valence-electron chi connectivity index (χ0n) is 15.7. The molecule has 1 N–H and O–H groups in total. The number of imidazole rings is 2. The number of ether oxygens (including phenoxy) is 1. The van der Waals surface area contributed by atoms with E-state index in [4.69, 9.17) is 4.74 Å². The van der Waals surface area contributed by atoms with Gasteiger partial charge in [0.1, 0.15) is 5.75 Å². The van der Waals surface area contributed by atoms with Gasteiger partial charge in [0.2, 0.25) is 11.6 Å². The number of hydrogen-bond donors (Lipinski definition) is 1. The Labute approximate surface area is 164 Å². The molecule has 0 saturated carbocycles. The van der Waals surface area contributed by atoms with Crippen LogP contribution in [-0.4, -0.2) is 50.4 Å². The van der Waals surface area contributed by atoms with Gasteiger partial charge in [0, 0.05) is 31.5 Å². The molecule has 2 aromatic heterocycles. The predicted octanol–water partition coefficient (Wildman–Crippen LogP) is 3.65. The van der Waals surface area contributed by atoms with E-state index in [0.29, 0.717) is 18.8 Å². The number of aromatic nitrogens is 4. The largest absolute Gasteiger partial charge is 0.497 e. The fraction of sp³-hybridized carbons (Fsp3) is 0.421. The quantitative estimate of drug-likeness (QED) is 0.654. The highest BCUT2D eigenvalue weighted by Crippen LogP contribution is 2.37. The van der Waals surface area contributed by atoms with E-state index in [-0.39, 0.29) is 16.9 Å². The molecule has 1 fully saturated rings. The molecule has 1 unspecified atom stereocenters. The molecule has 0 aliphatic carbocycles. The lowest BCUT2D eigenvalue weighted by atomic mass is 10.1. The highest BCUT2D eigenvalue weighted by molar-refractivity contribution is 5.96. The summed E-state index contributed by atoms with van der Waals surface area (Å²) in [5.74, 6) is -1.26. The van der Waals surface area contributed by atoms with Gasteiger partial charge in [0.15, 0.2) is 12.0 Å². The number of rotatable bonds is 5. The zero-order chi connectivity index (χ0) is 20.6. The van der Waals surface area contributed by atoms with Crippen molar-refractivity contribution < 1.29 is 22.7 Å². The summed E-state index contributed by atoms with van der Waals surface area (Å²) in [7, 11) is 1.43. The number of carbonyl (C=O) groups excluding carboxylic acids is 1. The maximum atomic E-state index is 13.9. The van der Waals surface area contributed by atoms with Crippen molar-refractivity contribution in [2.24, 2.45) is 0 Å². The summed E-state index contributed by atoms with van der Waals surface area (Å²) in [6, 6.07) is 4.48. The summed E-state index contributed by atoms with van der Waals surface area (Å²) in [4.78, 5) is 25.6. The molecule has 1 aliphatic rings. The SMILES string of the molecule is COc1ccc2nc(C(F)(F)F)n(C(C(=O)c3ncc[nH]3)N3CCCCC3)c2c1. The van der Waals surface area contributed by atoms with Crippen LogP contribution in [0.5, 0.6) is 5.75 Å². The van der Waals surface area contributed by atoms with E-state index in [2.05, 4.69) is 15.0 Å². The molecular formula is C19H20F3N5O2. The van der Waals surface area contributed by atoms with E-state index in [1.54, 1.807) is 11.0 Å². The first-order valence-electron chi connectivity index (χ1n) is 9.31. The Bertz CT molecular complexity index is 1010. The number of Topliss-reactive ketones (excluding diaryl/α,β-unsaturated/α-hetero) is 1. The Morgan fingerprint density at radius 3 is 2.62 bits per heavy atom. The molecule has 1 aromatic carbocycles. The van der Waals surface area contributed by atoms with Crippen molar-refractivity contribution in [2.75, 3.05) is 20.2 Å². The van der Waals surface area contributed by atoms with Crippen LogP contribution in [0.4, 0.5) is 13.2 Å². The lowest BCUT2D eigenvalue weighted by Crippen LogP contribution is -2.42.